The van der Waals surface area contributed by atoms with Crippen LogP contribution in [0, 0.1) is 11.8 Å². The molecule has 6 nitrogen and oxygen atoms in total. The third-order valence-electron chi connectivity index (χ3n) is 7.41. The maximum atomic E-state index is 14.0. The zero-order chi connectivity index (χ0) is 29.4. The molecule has 1 aliphatic carbocycles. The molecule has 2 aliphatic rings. The second-order valence-corrected chi connectivity index (χ2v) is 12.2. The van der Waals surface area contributed by atoms with E-state index >= 15 is 0 Å². The Morgan fingerprint density at radius 1 is 1.12 bits per heavy atom. The van der Waals surface area contributed by atoms with Gasteiger partial charge in [0.25, 0.3) is 0 Å². The number of amides is 1. The van der Waals surface area contributed by atoms with Gasteiger partial charge in [-0.15, -0.1) is 0 Å². The van der Waals surface area contributed by atoms with Crippen LogP contribution in [-0.4, -0.2) is 43.9 Å². The highest BCUT2D eigenvalue weighted by molar-refractivity contribution is 6.33. The maximum absolute atomic E-state index is 14.0. The molecule has 0 aromatic heterocycles. The van der Waals surface area contributed by atoms with E-state index in [4.69, 9.17) is 21.1 Å². The van der Waals surface area contributed by atoms with Crippen molar-refractivity contribution in [2.45, 2.75) is 70.6 Å². The maximum Gasteiger partial charge on any atom is 0.392 e. The number of rotatable bonds is 8. The molecule has 0 bridgehead atoms. The SMILES string of the molecule is C[C@H]([C@@H](C(=O)Nc1cc([C@@H](CC(=O)OC(C)(C)C)C2CC2)ccc1Cl)c1ccc2c(c1)OCCN2C)C(F)(F)F. The summed E-state index contributed by atoms with van der Waals surface area (Å²) in [4.78, 5) is 28.1. The zero-order valence-electron chi connectivity index (χ0n) is 23.4. The van der Waals surface area contributed by atoms with Gasteiger partial charge in [-0.2, -0.15) is 13.2 Å². The minimum Gasteiger partial charge on any atom is -0.490 e. The van der Waals surface area contributed by atoms with Gasteiger partial charge in [0.15, 0.2) is 0 Å². The molecule has 1 N–H and O–H groups in total. The van der Waals surface area contributed by atoms with E-state index in [9.17, 15) is 22.8 Å². The first-order valence-electron chi connectivity index (χ1n) is 13.5. The summed E-state index contributed by atoms with van der Waals surface area (Å²) in [6.07, 6.45) is -2.54. The molecule has 2 aromatic carbocycles. The highest BCUT2D eigenvalue weighted by Crippen LogP contribution is 2.46. The van der Waals surface area contributed by atoms with Crippen molar-refractivity contribution in [1.29, 1.82) is 0 Å². The number of nitrogens with zero attached hydrogens (tertiary/aromatic N) is 1. The number of benzene rings is 2. The molecule has 1 saturated carbocycles. The van der Waals surface area contributed by atoms with Crippen molar-refractivity contribution in [2.24, 2.45) is 11.8 Å². The van der Waals surface area contributed by atoms with Gasteiger partial charge < -0.3 is 19.7 Å². The summed E-state index contributed by atoms with van der Waals surface area (Å²) in [5.74, 6) is -4.10. The molecule has 4 rings (SSSR count). The average molecular weight is 581 g/mol. The van der Waals surface area contributed by atoms with Crippen molar-refractivity contribution in [1.82, 2.24) is 0 Å². The van der Waals surface area contributed by atoms with Gasteiger partial charge in [0.2, 0.25) is 5.91 Å². The molecule has 40 heavy (non-hydrogen) atoms. The van der Waals surface area contributed by atoms with Crippen LogP contribution in [0.15, 0.2) is 36.4 Å². The molecule has 0 saturated heterocycles. The van der Waals surface area contributed by atoms with Gasteiger partial charge in [0.1, 0.15) is 18.0 Å². The first-order valence-corrected chi connectivity index (χ1v) is 13.9. The van der Waals surface area contributed by atoms with Gasteiger partial charge in [-0.05, 0) is 80.8 Å². The van der Waals surface area contributed by atoms with Crippen molar-refractivity contribution in [3.63, 3.8) is 0 Å². The topological polar surface area (TPSA) is 67.9 Å². The van der Waals surface area contributed by atoms with Gasteiger partial charge in [0.05, 0.1) is 41.2 Å². The summed E-state index contributed by atoms with van der Waals surface area (Å²) in [6, 6.07) is 9.78. The third-order valence-corrected chi connectivity index (χ3v) is 7.74. The van der Waals surface area contributed by atoms with E-state index in [-0.39, 0.29) is 40.5 Å². The molecule has 218 valence electrons. The standard InChI is InChI=1S/C30H36ClF3N2O4/c1-17(30(32,33)34)27(20-9-11-24-25(15-20)39-13-12-36(24)5)28(38)35-23-14-19(8-10-22(23)31)21(18-6-7-18)16-26(37)40-29(2,3)4/h8-11,14-15,17-18,21,27H,6-7,12-13,16H2,1-5H3,(H,35,38)/t17-,21+,27-/m1/s1. The number of carbonyl (C=O) groups is 2. The van der Waals surface area contributed by atoms with Crippen LogP contribution in [-0.2, 0) is 14.3 Å². The first kappa shape index (κ1) is 30.0. The van der Waals surface area contributed by atoms with Gasteiger partial charge in [-0.1, -0.05) is 30.7 Å². The number of likely N-dealkylation sites (N-methyl/N-ethyl adjacent to an activating group) is 1. The minimum atomic E-state index is -4.62. The van der Waals surface area contributed by atoms with Crippen molar-refractivity contribution in [3.05, 3.63) is 52.5 Å². The van der Waals surface area contributed by atoms with Crippen LogP contribution in [0.1, 0.15) is 69.9 Å². The lowest BCUT2D eigenvalue weighted by atomic mass is 9.85. The Bertz CT molecular complexity index is 1260. The average Bonchev–Trinajstić information content (AvgIpc) is 3.68. The minimum absolute atomic E-state index is 0.151. The fourth-order valence-corrected chi connectivity index (χ4v) is 5.29. The molecule has 0 radical (unpaired) electrons. The summed E-state index contributed by atoms with van der Waals surface area (Å²) >= 11 is 6.41. The van der Waals surface area contributed by atoms with Crippen molar-refractivity contribution >= 4 is 34.9 Å². The molecule has 3 atom stereocenters. The summed E-state index contributed by atoms with van der Waals surface area (Å²) in [5.41, 5.74) is 1.31. The van der Waals surface area contributed by atoms with Crippen LogP contribution < -0.4 is 15.0 Å². The molecule has 1 heterocycles. The van der Waals surface area contributed by atoms with E-state index in [1.165, 1.54) is 6.07 Å². The van der Waals surface area contributed by atoms with Crippen LogP contribution in [0.25, 0.3) is 0 Å². The fourth-order valence-electron chi connectivity index (χ4n) is 5.12. The van der Waals surface area contributed by atoms with E-state index in [1.54, 1.807) is 51.1 Å². The molecule has 0 spiro atoms. The Balaban J connectivity index is 1.62. The van der Waals surface area contributed by atoms with Gasteiger partial charge >= 0.3 is 12.1 Å². The highest BCUT2D eigenvalue weighted by atomic mass is 35.5. The quantitative estimate of drug-likeness (QED) is 0.332. The van der Waals surface area contributed by atoms with Crippen molar-refractivity contribution < 1.29 is 32.2 Å². The molecular formula is C30H36ClF3N2O4. The number of nitrogens with one attached hydrogen (secondary N) is 1. The zero-order valence-corrected chi connectivity index (χ0v) is 24.2. The predicted octanol–water partition coefficient (Wildman–Crippen LogP) is 7.31. The number of alkyl halides is 3. The predicted molar refractivity (Wildman–Crippen MR) is 149 cm³/mol. The highest BCUT2D eigenvalue weighted by Gasteiger charge is 2.45. The molecular weight excluding hydrogens is 545 g/mol. The van der Waals surface area contributed by atoms with Gasteiger partial charge in [0, 0.05) is 7.05 Å². The largest absolute Gasteiger partial charge is 0.490 e. The lowest BCUT2D eigenvalue weighted by Crippen LogP contribution is -2.35. The summed E-state index contributed by atoms with van der Waals surface area (Å²) in [5, 5.41) is 2.85. The number of esters is 1. The lowest BCUT2D eigenvalue weighted by Gasteiger charge is -2.30. The van der Waals surface area contributed by atoms with E-state index in [0.29, 0.717) is 18.9 Å². The number of fused-ring (bicyclic) bond motifs is 1. The van der Waals surface area contributed by atoms with Gasteiger partial charge in [-0.25, -0.2) is 0 Å². The summed E-state index contributed by atoms with van der Waals surface area (Å²) < 4.78 is 53.1. The summed E-state index contributed by atoms with van der Waals surface area (Å²) in [6.45, 7) is 7.46. The normalized spacial score (nSPS) is 17.8. The van der Waals surface area contributed by atoms with E-state index < -0.39 is 29.5 Å². The summed E-state index contributed by atoms with van der Waals surface area (Å²) in [7, 11) is 1.87. The number of carbonyl (C=O) groups excluding carboxylic acids is 2. The smallest absolute Gasteiger partial charge is 0.392 e. The Morgan fingerprint density at radius 2 is 1.80 bits per heavy atom. The lowest BCUT2D eigenvalue weighted by molar-refractivity contribution is -0.178. The Morgan fingerprint density at radius 3 is 2.42 bits per heavy atom. The number of hydrogen-bond acceptors (Lipinski definition) is 5. The monoisotopic (exact) mass is 580 g/mol. The van der Waals surface area contributed by atoms with Crippen LogP contribution in [0.2, 0.25) is 5.02 Å². The Hall–Kier alpha value is -2.94. The van der Waals surface area contributed by atoms with Crippen molar-refractivity contribution in [3.8, 4) is 5.75 Å². The molecule has 1 fully saturated rings. The molecule has 10 heteroatoms. The second-order valence-electron chi connectivity index (χ2n) is 11.8. The molecule has 1 amide bonds. The number of hydrogen-bond donors (Lipinski definition) is 1. The van der Waals surface area contributed by atoms with Crippen LogP contribution in [0.5, 0.6) is 5.75 Å². The number of ether oxygens (including phenoxy) is 2. The Kier molecular flexibility index (Phi) is 8.64. The molecule has 0 unspecified atom stereocenters. The number of anilines is 2. The fraction of sp³-hybridized carbons (Fsp3) is 0.533. The van der Waals surface area contributed by atoms with Crippen LogP contribution >= 0.6 is 11.6 Å². The first-order chi connectivity index (χ1) is 18.6. The number of halogens is 4. The second kappa shape index (κ2) is 11.5. The van der Waals surface area contributed by atoms with Crippen molar-refractivity contribution in [2.75, 3.05) is 30.4 Å². The molecule has 2 aromatic rings. The van der Waals surface area contributed by atoms with Crippen LogP contribution in [0.3, 0.4) is 0 Å². The van der Waals surface area contributed by atoms with E-state index in [0.717, 1.165) is 31.0 Å². The van der Waals surface area contributed by atoms with Crippen LogP contribution in [0.4, 0.5) is 24.5 Å². The van der Waals surface area contributed by atoms with Gasteiger partial charge in [-0.3, -0.25) is 9.59 Å². The third kappa shape index (κ3) is 7.22. The Labute approximate surface area is 238 Å². The van der Waals surface area contributed by atoms with E-state index in [1.807, 2.05) is 11.9 Å². The van der Waals surface area contributed by atoms with E-state index in [2.05, 4.69) is 5.32 Å². The molecule has 1 aliphatic heterocycles.